The highest BCUT2D eigenvalue weighted by atomic mass is 35.5. The Balaban J connectivity index is 1.92. The van der Waals surface area contributed by atoms with Gasteiger partial charge >= 0.3 is 0 Å². The van der Waals surface area contributed by atoms with Crippen molar-refractivity contribution in [1.29, 1.82) is 0 Å². The number of anilines is 1. The maximum Gasteiger partial charge on any atom is 0.241 e. The number of carbonyl (C=O) groups is 1. The van der Waals surface area contributed by atoms with Crippen LogP contribution in [-0.2, 0) is 14.8 Å². The average Bonchev–Trinajstić information content (AvgIpc) is 2.55. The van der Waals surface area contributed by atoms with Crippen LogP contribution in [-0.4, -0.2) is 27.5 Å². The fourth-order valence-electron chi connectivity index (χ4n) is 1.88. The SMILES string of the molecule is CCOc1ccc(NC(=O)CNS(=O)(=O)c2cccc(Cl)c2)cc1. The zero-order valence-electron chi connectivity index (χ0n) is 13.0. The summed E-state index contributed by atoms with van der Waals surface area (Å²) in [5, 5.41) is 2.90. The molecule has 0 aliphatic rings. The summed E-state index contributed by atoms with van der Waals surface area (Å²) in [5.41, 5.74) is 0.547. The summed E-state index contributed by atoms with van der Waals surface area (Å²) in [4.78, 5) is 11.9. The van der Waals surface area contributed by atoms with Crippen LogP contribution in [0.1, 0.15) is 6.92 Å². The third-order valence-electron chi connectivity index (χ3n) is 2.98. The van der Waals surface area contributed by atoms with Crippen molar-refractivity contribution < 1.29 is 17.9 Å². The van der Waals surface area contributed by atoms with Crippen molar-refractivity contribution in [2.45, 2.75) is 11.8 Å². The zero-order valence-corrected chi connectivity index (χ0v) is 14.5. The number of halogens is 1. The minimum absolute atomic E-state index is 0.00358. The first-order chi connectivity index (χ1) is 11.4. The number of benzene rings is 2. The standard InChI is InChI=1S/C16H17ClN2O4S/c1-2-23-14-8-6-13(7-9-14)19-16(20)11-18-24(21,22)15-5-3-4-12(17)10-15/h3-10,18H,2,11H2,1H3,(H,19,20). The van der Waals surface area contributed by atoms with Crippen LogP contribution in [0.4, 0.5) is 5.69 Å². The van der Waals surface area contributed by atoms with Crippen molar-refractivity contribution in [1.82, 2.24) is 4.72 Å². The predicted molar refractivity (Wildman–Crippen MR) is 92.9 cm³/mol. The lowest BCUT2D eigenvalue weighted by atomic mass is 10.3. The van der Waals surface area contributed by atoms with Gasteiger partial charge in [0.2, 0.25) is 15.9 Å². The molecule has 0 bridgehead atoms. The molecule has 0 spiro atoms. The van der Waals surface area contributed by atoms with Crippen LogP contribution in [0.5, 0.6) is 5.75 Å². The number of hydrogen-bond acceptors (Lipinski definition) is 4. The molecule has 0 aliphatic carbocycles. The van der Waals surface area contributed by atoms with Gasteiger partial charge in [0, 0.05) is 10.7 Å². The topological polar surface area (TPSA) is 84.5 Å². The van der Waals surface area contributed by atoms with E-state index >= 15 is 0 Å². The molecular weight excluding hydrogens is 352 g/mol. The zero-order chi connectivity index (χ0) is 17.6. The second-order valence-electron chi connectivity index (χ2n) is 4.79. The Morgan fingerprint density at radius 2 is 1.88 bits per heavy atom. The molecule has 0 fully saturated rings. The van der Waals surface area contributed by atoms with Crippen LogP contribution in [0.2, 0.25) is 5.02 Å². The number of ether oxygens (including phenoxy) is 1. The molecule has 2 N–H and O–H groups in total. The number of hydrogen-bond donors (Lipinski definition) is 2. The predicted octanol–water partition coefficient (Wildman–Crippen LogP) is 2.66. The van der Waals surface area contributed by atoms with Gasteiger partial charge in [-0.05, 0) is 49.4 Å². The van der Waals surface area contributed by atoms with E-state index in [4.69, 9.17) is 16.3 Å². The van der Waals surface area contributed by atoms with E-state index in [0.717, 1.165) is 0 Å². The lowest BCUT2D eigenvalue weighted by Crippen LogP contribution is -2.32. The van der Waals surface area contributed by atoms with Gasteiger partial charge in [-0.2, -0.15) is 0 Å². The van der Waals surface area contributed by atoms with Crippen molar-refractivity contribution >= 4 is 33.2 Å². The summed E-state index contributed by atoms with van der Waals surface area (Å²) >= 11 is 5.77. The van der Waals surface area contributed by atoms with Gasteiger partial charge in [-0.1, -0.05) is 17.7 Å². The summed E-state index contributed by atoms with van der Waals surface area (Å²) < 4.78 is 31.7. The van der Waals surface area contributed by atoms with E-state index in [1.165, 1.54) is 18.2 Å². The fourth-order valence-corrected chi connectivity index (χ4v) is 3.17. The van der Waals surface area contributed by atoms with Crippen molar-refractivity contribution in [2.75, 3.05) is 18.5 Å². The number of rotatable bonds is 7. The molecule has 128 valence electrons. The van der Waals surface area contributed by atoms with Gasteiger partial charge in [-0.15, -0.1) is 0 Å². The first-order valence-corrected chi connectivity index (χ1v) is 9.05. The highest BCUT2D eigenvalue weighted by Gasteiger charge is 2.15. The minimum Gasteiger partial charge on any atom is -0.494 e. The van der Waals surface area contributed by atoms with Crippen LogP contribution in [0.15, 0.2) is 53.4 Å². The molecule has 24 heavy (non-hydrogen) atoms. The normalized spacial score (nSPS) is 11.1. The lowest BCUT2D eigenvalue weighted by Gasteiger charge is -2.09. The van der Waals surface area contributed by atoms with Gasteiger partial charge in [-0.3, -0.25) is 4.79 Å². The molecule has 0 aromatic heterocycles. The fraction of sp³-hybridized carbons (Fsp3) is 0.188. The molecular formula is C16H17ClN2O4S. The van der Waals surface area contributed by atoms with Crippen molar-refractivity contribution in [3.8, 4) is 5.75 Å². The molecule has 0 saturated heterocycles. The molecule has 0 aliphatic heterocycles. The van der Waals surface area contributed by atoms with E-state index in [1.54, 1.807) is 30.3 Å². The van der Waals surface area contributed by atoms with Gasteiger partial charge in [0.1, 0.15) is 5.75 Å². The lowest BCUT2D eigenvalue weighted by molar-refractivity contribution is -0.115. The Hall–Kier alpha value is -2.09. The molecule has 1 amide bonds. The number of sulfonamides is 1. The summed E-state index contributed by atoms with van der Waals surface area (Å²) in [6, 6.07) is 12.6. The molecule has 6 nitrogen and oxygen atoms in total. The third kappa shape index (κ3) is 5.23. The summed E-state index contributed by atoms with van der Waals surface area (Å²) in [6.07, 6.45) is 0. The molecule has 0 atom stereocenters. The molecule has 8 heteroatoms. The summed E-state index contributed by atoms with van der Waals surface area (Å²) in [5.74, 6) is 0.210. The van der Waals surface area contributed by atoms with E-state index < -0.39 is 15.9 Å². The van der Waals surface area contributed by atoms with Gasteiger partial charge in [0.25, 0.3) is 0 Å². The first kappa shape index (κ1) is 18.3. The molecule has 0 saturated carbocycles. The van der Waals surface area contributed by atoms with E-state index in [-0.39, 0.29) is 11.4 Å². The second-order valence-corrected chi connectivity index (χ2v) is 6.99. The van der Waals surface area contributed by atoms with Gasteiger partial charge in [0.05, 0.1) is 18.0 Å². The van der Waals surface area contributed by atoms with Crippen molar-refractivity contribution in [2.24, 2.45) is 0 Å². The highest BCUT2D eigenvalue weighted by molar-refractivity contribution is 7.89. The molecule has 0 heterocycles. The van der Waals surface area contributed by atoms with Crippen LogP contribution in [0.25, 0.3) is 0 Å². The summed E-state index contributed by atoms with van der Waals surface area (Å²) in [7, 11) is -3.80. The smallest absolute Gasteiger partial charge is 0.241 e. The van der Waals surface area contributed by atoms with Crippen LogP contribution in [0.3, 0.4) is 0 Å². The Labute approximate surface area is 145 Å². The van der Waals surface area contributed by atoms with Crippen LogP contribution >= 0.6 is 11.6 Å². The number of carbonyl (C=O) groups excluding carboxylic acids is 1. The molecule has 0 radical (unpaired) electrons. The molecule has 2 aromatic carbocycles. The molecule has 0 unspecified atom stereocenters. The average molecular weight is 369 g/mol. The maximum atomic E-state index is 12.1. The third-order valence-corrected chi connectivity index (χ3v) is 4.61. The quantitative estimate of drug-likeness (QED) is 0.786. The van der Waals surface area contributed by atoms with Gasteiger partial charge in [-0.25, -0.2) is 13.1 Å². The molecule has 2 aromatic rings. The second kappa shape index (κ2) is 8.14. The van der Waals surface area contributed by atoms with Gasteiger partial charge < -0.3 is 10.1 Å². The maximum absolute atomic E-state index is 12.1. The minimum atomic E-state index is -3.80. The van der Waals surface area contributed by atoms with Crippen LogP contribution in [0, 0.1) is 0 Å². The Morgan fingerprint density at radius 1 is 1.17 bits per heavy atom. The molecule has 2 rings (SSSR count). The summed E-state index contributed by atoms with van der Waals surface area (Å²) in [6.45, 7) is 2.04. The number of nitrogens with one attached hydrogen (secondary N) is 2. The highest BCUT2D eigenvalue weighted by Crippen LogP contribution is 2.16. The Morgan fingerprint density at radius 3 is 2.50 bits per heavy atom. The van der Waals surface area contributed by atoms with E-state index in [1.807, 2.05) is 6.92 Å². The Bertz CT molecular complexity index is 807. The Kier molecular flexibility index (Phi) is 6.19. The van der Waals surface area contributed by atoms with E-state index in [9.17, 15) is 13.2 Å². The largest absolute Gasteiger partial charge is 0.494 e. The monoisotopic (exact) mass is 368 g/mol. The van der Waals surface area contributed by atoms with Crippen LogP contribution < -0.4 is 14.8 Å². The van der Waals surface area contributed by atoms with Crippen molar-refractivity contribution in [3.63, 3.8) is 0 Å². The van der Waals surface area contributed by atoms with E-state index in [2.05, 4.69) is 10.0 Å². The van der Waals surface area contributed by atoms with E-state index in [0.29, 0.717) is 23.1 Å². The van der Waals surface area contributed by atoms with Crippen molar-refractivity contribution in [3.05, 3.63) is 53.6 Å². The number of amides is 1. The van der Waals surface area contributed by atoms with Gasteiger partial charge in [0.15, 0.2) is 0 Å². The first-order valence-electron chi connectivity index (χ1n) is 7.18.